The standard InChI is InChI=1S/C40H30BNO/c1-21-18-28(22-12-8-14-26-36-24-11-5-7-17-33(24)43-39(36)42-38(22)26)37-29(19-21)27-20-31-34(25-13-9-16-32(41-37)35(25)27)23-10-4-6-15-30(23)40(31,2)3/h4-19,27,41-42H,20H2,1-3H3. The number of hydrogen-bond donors (Lipinski definition) is 1. The second kappa shape index (κ2) is 7.99. The van der Waals surface area contributed by atoms with Gasteiger partial charge in [-0.25, -0.2) is 0 Å². The maximum absolute atomic E-state index is 6.29. The van der Waals surface area contributed by atoms with E-state index in [1.54, 1.807) is 11.1 Å². The highest BCUT2D eigenvalue weighted by Gasteiger charge is 2.45. The second-order valence-electron chi connectivity index (χ2n) is 13.4. The summed E-state index contributed by atoms with van der Waals surface area (Å²) in [5.74, 6) is 0.365. The lowest BCUT2D eigenvalue weighted by Crippen LogP contribution is -2.42. The fourth-order valence-corrected chi connectivity index (χ4v) is 8.93. The molecule has 2 aromatic heterocycles. The highest BCUT2D eigenvalue weighted by atomic mass is 16.3. The van der Waals surface area contributed by atoms with Gasteiger partial charge in [-0.05, 0) is 58.4 Å². The number of furan rings is 1. The van der Waals surface area contributed by atoms with Crippen molar-refractivity contribution in [2.45, 2.75) is 38.5 Å². The molecule has 0 bridgehead atoms. The summed E-state index contributed by atoms with van der Waals surface area (Å²) < 4.78 is 6.29. The Labute approximate surface area is 251 Å². The molecule has 1 N–H and O–H groups in total. The van der Waals surface area contributed by atoms with Crippen LogP contribution in [0.25, 0.3) is 49.7 Å². The number of benzene rings is 5. The number of aromatic amines is 1. The number of nitrogens with one attached hydrogen (secondary N) is 1. The summed E-state index contributed by atoms with van der Waals surface area (Å²) in [5, 5.41) is 3.57. The zero-order valence-corrected chi connectivity index (χ0v) is 24.6. The molecule has 0 radical (unpaired) electrons. The van der Waals surface area contributed by atoms with Crippen molar-refractivity contribution in [2.75, 3.05) is 0 Å². The predicted octanol–water partition coefficient (Wildman–Crippen LogP) is 8.37. The predicted molar refractivity (Wildman–Crippen MR) is 181 cm³/mol. The van der Waals surface area contributed by atoms with Crippen molar-refractivity contribution >= 4 is 56.8 Å². The quantitative estimate of drug-likeness (QED) is 0.204. The maximum Gasteiger partial charge on any atom is 0.206 e. The van der Waals surface area contributed by atoms with Crippen LogP contribution in [0.5, 0.6) is 0 Å². The number of H-pyrrole nitrogens is 1. The summed E-state index contributed by atoms with van der Waals surface area (Å²) in [6.45, 7) is 7.13. The number of aryl methyl sites for hydroxylation is 1. The van der Waals surface area contributed by atoms with Crippen LogP contribution < -0.4 is 10.9 Å². The number of aromatic nitrogens is 1. The Balaban J connectivity index is 1.21. The molecule has 2 nitrogen and oxygen atoms in total. The third-order valence-corrected chi connectivity index (χ3v) is 10.8. The molecule has 3 heterocycles. The van der Waals surface area contributed by atoms with Crippen molar-refractivity contribution in [2.24, 2.45) is 0 Å². The minimum Gasteiger partial charge on any atom is -0.440 e. The lowest BCUT2D eigenvalue weighted by Gasteiger charge is -2.38. The Morgan fingerprint density at radius 2 is 1.56 bits per heavy atom. The molecule has 1 atom stereocenters. The number of rotatable bonds is 1. The Kier molecular flexibility index (Phi) is 4.42. The van der Waals surface area contributed by atoms with Crippen LogP contribution in [0, 0.1) is 6.92 Å². The van der Waals surface area contributed by atoms with E-state index in [1.807, 2.05) is 6.07 Å². The minimum absolute atomic E-state index is 0.0244. The first-order valence-corrected chi connectivity index (χ1v) is 15.5. The van der Waals surface area contributed by atoms with E-state index in [9.17, 15) is 0 Å². The van der Waals surface area contributed by atoms with Crippen LogP contribution in [0.15, 0.2) is 107 Å². The summed E-state index contributed by atoms with van der Waals surface area (Å²) in [4.78, 5) is 3.70. The van der Waals surface area contributed by atoms with Gasteiger partial charge in [-0.2, -0.15) is 0 Å². The monoisotopic (exact) mass is 551 g/mol. The molecule has 2 aliphatic carbocycles. The van der Waals surface area contributed by atoms with Gasteiger partial charge >= 0.3 is 0 Å². The van der Waals surface area contributed by atoms with Gasteiger partial charge in [-0.1, -0.05) is 127 Å². The first-order valence-electron chi connectivity index (χ1n) is 15.5. The van der Waals surface area contributed by atoms with Gasteiger partial charge in [0.15, 0.2) is 7.28 Å². The van der Waals surface area contributed by atoms with E-state index in [0.29, 0.717) is 5.92 Å². The molecular weight excluding hydrogens is 521 g/mol. The zero-order chi connectivity index (χ0) is 28.6. The molecular formula is C40H30BNO. The summed E-state index contributed by atoms with van der Waals surface area (Å²) in [6.07, 6.45) is 1.07. The summed E-state index contributed by atoms with van der Waals surface area (Å²) in [6, 6.07) is 36.1. The average Bonchev–Trinajstić information content (AvgIpc) is 3.64. The molecule has 0 amide bonds. The zero-order valence-electron chi connectivity index (χ0n) is 24.6. The number of allylic oxidation sites excluding steroid dienone is 1. The molecule has 0 saturated carbocycles. The molecule has 1 unspecified atom stereocenters. The molecule has 3 heteroatoms. The molecule has 0 spiro atoms. The van der Waals surface area contributed by atoms with E-state index in [2.05, 4.69) is 117 Å². The number of hydrogen-bond acceptors (Lipinski definition) is 1. The van der Waals surface area contributed by atoms with Gasteiger partial charge in [0, 0.05) is 27.7 Å². The van der Waals surface area contributed by atoms with Crippen molar-refractivity contribution in [1.29, 1.82) is 0 Å². The SMILES string of the molecule is Cc1cc(-c2cccc3c2[nH]c2oc4ccccc4c23)c2c(c1)C1CC3=C(c4ccccc4C3(C)C)c3cccc(c31)B2. The Morgan fingerprint density at radius 3 is 2.49 bits per heavy atom. The van der Waals surface area contributed by atoms with E-state index in [-0.39, 0.29) is 5.41 Å². The first-order chi connectivity index (χ1) is 21.0. The topological polar surface area (TPSA) is 28.9 Å². The number of para-hydroxylation sites is 2. The third kappa shape index (κ3) is 2.95. The van der Waals surface area contributed by atoms with Crippen molar-refractivity contribution in [1.82, 2.24) is 4.98 Å². The van der Waals surface area contributed by atoms with Gasteiger partial charge in [0.25, 0.3) is 0 Å². The fraction of sp³-hybridized carbons (Fsp3) is 0.150. The van der Waals surface area contributed by atoms with Gasteiger partial charge < -0.3 is 9.40 Å². The van der Waals surface area contributed by atoms with Gasteiger partial charge in [0.1, 0.15) is 5.58 Å². The summed E-state index contributed by atoms with van der Waals surface area (Å²) >= 11 is 0. The van der Waals surface area contributed by atoms with Crippen molar-refractivity contribution in [3.05, 3.63) is 136 Å². The van der Waals surface area contributed by atoms with Gasteiger partial charge in [-0.3, -0.25) is 0 Å². The molecule has 0 fully saturated rings. The fourth-order valence-electron chi connectivity index (χ4n) is 8.93. The Morgan fingerprint density at radius 1 is 0.791 bits per heavy atom. The number of fused-ring (bicyclic) bond motifs is 10. The van der Waals surface area contributed by atoms with E-state index < -0.39 is 0 Å². The Bertz CT molecular complexity index is 2400. The van der Waals surface area contributed by atoms with Crippen LogP contribution >= 0.6 is 0 Å². The first kappa shape index (κ1) is 23.8. The lowest BCUT2D eigenvalue weighted by molar-refractivity contribution is 0.586. The van der Waals surface area contributed by atoms with Gasteiger partial charge in [0.05, 0.1) is 10.9 Å². The van der Waals surface area contributed by atoms with Gasteiger partial charge in [-0.15, -0.1) is 0 Å². The van der Waals surface area contributed by atoms with Gasteiger partial charge in [0.2, 0.25) is 5.71 Å². The highest BCUT2D eigenvalue weighted by molar-refractivity contribution is 6.70. The lowest BCUT2D eigenvalue weighted by atomic mass is 9.50. The third-order valence-electron chi connectivity index (χ3n) is 10.8. The molecule has 43 heavy (non-hydrogen) atoms. The van der Waals surface area contributed by atoms with E-state index in [4.69, 9.17) is 4.42 Å². The highest BCUT2D eigenvalue weighted by Crippen LogP contribution is 2.56. The normalized spacial score (nSPS) is 17.6. The average molecular weight is 551 g/mol. The molecule has 204 valence electrons. The van der Waals surface area contributed by atoms with Crippen LogP contribution in [0.1, 0.15) is 59.6 Å². The van der Waals surface area contributed by atoms with Crippen LogP contribution in [0.3, 0.4) is 0 Å². The maximum atomic E-state index is 6.29. The largest absolute Gasteiger partial charge is 0.440 e. The molecule has 1 aliphatic heterocycles. The van der Waals surface area contributed by atoms with Crippen molar-refractivity contribution < 1.29 is 4.42 Å². The van der Waals surface area contributed by atoms with E-state index >= 15 is 0 Å². The summed E-state index contributed by atoms with van der Waals surface area (Å²) in [7, 11) is 0.953. The summed E-state index contributed by atoms with van der Waals surface area (Å²) in [5.41, 5.74) is 20.4. The molecule has 5 aromatic carbocycles. The molecule has 0 saturated heterocycles. The minimum atomic E-state index is 0.0244. The van der Waals surface area contributed by atoms with Crippen molar-refractivity contribution in [3.63, 3.8) is 0 Å². The van der Waals surface area contributed by atoms with E-state index in [0.717, 1.165) is 30.5 Å². The van der Waals surface area contributed by atoms with Crippen LogP contribution in [0.2, 0.25) is 0 Å². The van der Waals surface area contributed by atoms with Crippen LogP contribution in [0.4, 0.5) is 0 Å². The molecule has 3 aliphatic rings. The molecule has 7 aromatic rings. The van der Waals surface area contributed by atoms with Crippen LogP contribution in [-0.4, -0.2) is 12.3 Å². The van der Waals surface area contributed by atoms with Crippen LogP contribution in [-0.2, 0) is 5.41 Å². The van der Waals surface area contributed by atoms with E-state index in [1.165, 1.54) is 71.6 Å². The molecule has 10 rings (SSSR count). The van der Waals surface area contributed by atoms with Crippen molar-refractivity contribution in [3.8, 4) is 11.1 Å². The Hall–Kier alpha value is -4.76. The second-order valence-corrected chi connectivity index (χ2v) is 13.4. The smallest absolute Gasteiger partial charge is 0.206 e.